The fraction of sp³-hybridized carbons (Fsp3) is 0. The molecule has 0 aliphatic heterocycles. The minimum atomic E-state index is -2.46. The number of carbonyl (C=O) groups is 1. The van der Waals surface area contributed by atoms with Crippen LogP contribution in [0.25, 0.3) is 0 Å². The molecular weight excluding hydrogens is 184 g/mol. The molecule has 0 aliphatic rings. The molecule has 0 amide bonds. The van der Waals surface area contributed by atoms with E-state index in [1.165, 1.54) is 0 Å². The van der Waals surface area contributed by atoms with Gasteiger partial charge in [-0.05, 0) is 0 Å². The van der Waals surface area contributed by atoms with E-state index in [4.69, 9.17) is 5.11 Å². The van der Waals surface area contributed by atoms with Gasteiger partial charge in [0.1, 0.15) is 0 Å². The Morgan fingerprint density at radius 3 is 2.58 bits per heavy atom. The van der Waals surface area contributed by atoms with Crippen LogP contribution in [0.1, 0.15) is 10.4 Å². The number of aromatic amines is 1. The van der Waals surface area contributed by atoms with E-state index < -0.39 is 16.3 Å². The predicted molar refractivity (Wildman–Crippen MR) is 37.7 cm³/mol. The highest BCUT2D eigenvalue weighted by Gasteiger charge is 2.00. The lowest BCUT2D eigenvalue weighted by atomic mass is 10.4. The lowest BCUT2D eigenvalue weighted by Gasteiger charge is -1.89. The van der Waals surface area contributed by atoms with E-state index in [1.54, 1.807) is 0 Å². The number of aromatic nitrogens is 2. The Bertz CT molecular complexity index is 444. The maximum atomic E-state index is 10.3. The molecule has 1 aromatic rings. The Hall–Kier alpha value is -1.63. The number of nitrogens with one attached hydrogen (secondary N) is 1. The number of aromatic carboxylic acids is 1. The highest BCUT2D eigenvalue weighted by atomic mass is 32.2. The molecular formula is C5H4N2O4S. The summed E-state index contributed by atoms with van der Waals surface area (Å²) < 4.78 is 20.2. The van der Waals surface area contributed by atoms with Crippen LogP contribution in [0, 0.1) is 4.77 Å². The average Bonchev–Trinajstić information content (AvgIpc) is 2.04. The quantitative estimate of drug-likeness (QED) is 0.579. The van der Waals surface area contributed by atoms with E-state index in [0.29, 0.717) is 0 Å². The van der Waals surface area contributed by atoms with Gasteiger partial charge in [-0.25, -0.2) is 9.78 Å². The third-order valence-electron chi connectivity index (χ3n) is 1.08. The molecule has 1 heterocycles. The van der Waals surface area contributed by atoms with Crippen LogP contribution in [-0.2, 0) is 10.3 Å². The first-order valence-electron chi connectivity index (χ1n) is 2.81. The lowest BCUT2D eigenvalue weighted by Crippen LogP contribution is -1.98. The Morgan fingerprint density at radius 2 is 2.25 bits per heavy atom. The van der Waals surface area contributed by atoms with Crippen molar-refractivity contribution in [3.63, 3.8) is 0 Å². The number of hydrogen-bond donors (Lipinski definition) is 2. The molecule has 0 aliphatic carbocycles. The third kappa shape index (κ3) is 1.70. The normalized spacial score (nSPS) is 9.33. The monoisotopic (exact) mass is 188 g/mol. The number of H-pyrrole nitrogens is 1. The van der Waals surface area contributed by atoms with Crippen LogP contribution in [-0.4, -0.2) is 29.5 Å². The molecule has 0 bridgehead atoms. The zero-order valence-electron chi connectivity index (χ0n) is 5.68. The topological polar surface area (TPSA) is 100 Å². The van der Waals surface area contributed by atoms with Crippen molar-refractivity contribution in [2.24, 2.45) is 0 Å². The maximum Gasteiger partial charge on any atom is 0.338 e. The summed E-state index contributed by atoms with van der Waals surface area (Å²) in [5.74, 6) is -1.16. The molecule has 64 valence electrons. The van der Waals surface area contributed by atoms with Crippen LogP contribution in [0.15, 0.2) is 12.4 Å². The highest BCUT2D eigenvalue weighted by Crippen LogP contribution is 1.91. The zero-order chi connectivity index (χ0) is 9.14. The summed E-state index contributed by atoms with van der Waals surface area (Å²) in [5.41, 5.74) is -0.0933. The van der Waals surface area contributed by atoms with Gasteiger partial charge in [-0.3, -0.25) is 0 Å². The summed E-state index contributed by atoms with van der Waals surface area (Å²) in [6, 6.07) is 0. The van der Waals surface area contributed by atoms with Crippen molar-refractivity contribution in [1.29, 1.82) is 0 Å². The van der Waals surface area contributed by atoms with Gasteiger partial charge in [0.15, 0.2) is 0 Å². The standard InChI is InChI=1S/C5H4N2O4S/c8-4(9)3-1-6-5(7-2-3)12(10)11/h1-2,6H,(H,8,9). The van der Waals surface area contributed by atoms with E-state index in [-0.39, 0.29) is 10.3 Å². The van der Waals surface area contributed by atoms with E-state index in [2.05, 4.69) is 9.97 Å². The highest BCUT2D eigenvalue weighted by molar-refractivity contribution is 7.63. The van der Waals surface area contributed by atoms with Crippen molar-refractivity contribution >= 4 is 16.3 Å². The minimum absolute atomic E-state index is 0.0933. The second-order valence-corrected chi connectivity index (χ2v) is 2.70. The molecule has 0 atom stereocenters. The molecule has 0 saturated heterocycles. The van der Waals surface area contributed by atoms with Crippen LogP contribution in [0.5, 0.6) is 0 Å². The van der Waals surface area contributed by atoms with Gasteiger partial charge in [-0.2, -0.15) is 8.42 Å². The molecule has 1 aromatic heterocycles. The minimum Gasteiger partial charge on any atom is -0.478 e. The van der Waals surface area contributed by atoms with Crippen molar-refractivity contribution < 1.29 is 18.3 Å². The van der Waals surface area contributed by atoms with Crippen molar-refractivity contribution in [3.8, 4) is 0 Å². The Balaban J connectivity index is 3.38. The number of hydrogen-bond acceptors (Lipinski definition) is 4. The Kier molecular flexibility index (Phi) is 2.24. The third-order valence-corrected chi connectivity index (χ3v) is 1.62. The number of carboxylic acid groups (broad SMARTS) is 1. The fourth-order valence-corrected chi connectivity index (χ4v) is 0.844. The molecule has 0 saturated carbocycles. The van der Waals surface area contributed by atoms with E-state index >= 15 is 0 Å². The summed E-state index contributed by atoms with van der Waals surface area (Å²) in [7, 11) is -2.46. The Morgan fingerprint density at radius 1 is 1.58 bits per heavy atom. The van der Waals surface area contributed by atoms with Gasteiger partial charge in [-0.15, -0.1) is 0 Å². The summed E-state index contributed by atoms with van der Waals surface area (Å²) in [4.78, 5) is 15.8. The number of carboxylic acids is 1. The molecule has 12 heavy (non-hydrogen) atoms. The van der Waals surface area contributed by atoms with Gasteiger partial charge >= 0.3 is 5.97 Å². The molecule has 0 unspecified atom stereocenters. The van der Waals surface area contributed by atoms with Gasteiger partial charge in [0, 0.05) is 12.4 Å². The molecule has 0 spiro atoms. The fourth-order valence-electron chi connectivity index (χ4n) is 0.550. The van der Waals surface area contributed by atoms with E-state index in [1.807, 2.05) is 0 Å². The number of nitrogens with zero attached hydrogens (tertiary/aromatic N) is 1. The van der Waals surface area contributed by atoms with Gasteiger partial charge in [-0.1, -0.05) is 0 Å². The van der Waals surface area contributed by atoms with Crippen LogP contribution in [0.3, 0.4) is 0 Å². The van der Waals surface area contributed by atoms with Gasteiger partial charge in [0.2, 0.25) is 0 Å². The summed E-state index contributed by atoms with van der Waals surface area (Å²) in [6.07, 6.45) is 2.02. The summed E-state index contributed by atoms with van der Waals surface area (Å²) in [5, 5.41) is 8.40. The summed E-state index contributed by atoms with van der Waals surface area (Å²) in [6.45, 7) is 0. The Labute approximate surface area is 68.1 Å². The lowest BCUT2D eigenvalue weighted by molar-refractivity contribution is 0.0696. The predicted octanol–water partition coefficient (Wildman–Crippen LogP) is -0.481. The second-order valence-electron chi connectivity index (χ2n) is 1.85. The summed E-state index contributed by atoms with van der Waals surface area (Å²) >= 11 is 0. The SMILES string of the molecule is O=C(O)c1cnc(=S(=O)=O)[nH]c1. The van der Waals surface area contributed by atoms with Crippen LogP contribution in [0.2, 0.25) is 0 Å². The van der Waals surface area contributed by atoms with Gasteiger partial charge < -0.3 is 10.1 Å². The van der Waals surface area contributed by atoms with Crippen molar-refractivity contribution in [1.82, 2.24) is 9.97 Å². The average molecular weight is 188 g/mol. The first-order chi connectivity index (χ1) is 5.61. The second kappa shape index (κ2) is 3.18. The van der Waals surface area contributed by atoms with Gasteiger partial charge in [0.05, 0.1) is 5.56 Å². The van der Waals surface area contributed by atoms with Crippen molar-refractivity contribution in [2.75, 3.05) is 0 Å². The van der Waals surface area contributed by atoms with E-state index in [0.717, 1.165) is 12.4 Å². The molecule has 7 heteroatoms. The van der Waals surface area contributed by atoms with Gasteiger partial charge in [0.25, 0.3) is 15.1 Å². The number of rotatable bonds is 1. The van der Waals surface area contributed by atoms with Crippen molar-refractivity contribution in [2.45, 2.75) is 0 Å². The maximum absolute atomic E-state index is 10.3. The molecule has 0 fully saturated rings. The molecule has 0 aromatic carbocycles. The first-order valence-corrected chi connectivity index (χ1v) is 3.89. The first kappa shape index (κ1) is 8.47. The largest absolute Gasteiger partial charge is 0.478 e. The van der Waals surface area contributed by atoms with Crippen molar-refractivity contribution in [3.05, 3.63) is 22.7 Å². The molecule has 1 rings (SSSR count). The van der Waals surface area contributed by atoms with Crippen LogP contribution >= 0.6 is 0 Å². The smallest absolute Gasteiger partial charge is 0.338 e. The zero-order valence-corrected chi connectivity index (χ0v) is 6.50. The van der Waals surface area contributed by atoms with Crippen LogP contribution < -0.4 is 0 Å². The molecule has 0 radical (unpaired) electrons. The molecule has 2 N–H and O–H groups in total. The van der Waals surface area contributed by atoms with Crippen LogP contribution in [0.4, 0.5) is 0 Å². The molecule has 6 nitrogen and oxygen atoms in total. The van der Waals surface area contributed by atoms with E-state index in [9.17, 15) is 13.2 Å².